The second-order valence-electron chi connectivity index (χ2n) is 7.56. The Hall–Kier alpha value is -2.95. The zero-order valence-electron chi connectivity index (χ0n) is 16.3. The number of imidazole rings is 1. The third-order valence-electron chi connectivity index (χ3n) is 5.65. The first-order valence-electron chi connectivity index (χ1n) is 10.0. The van der Waals surface area contributed by atoms with Crippen LogP contribution in [0.1, 0.15) is 6.42 Å². The first-order valence-corrected chi connectivity index (χ1v) is 10.4. The van der Waals surface area contributed by atoms with Crippen LogP contribution in [0.4, 0.5) is 10.6 Å². The van der Waals surface area contributed by atoms with E-state index in [1.54, 1.807) is 18.3 Å². The summed E-state index contributed by atoms with van der Waals surface area (Å²) >= 11 is 6.48. The highest BCUT2D eigenvalue weighted by molar-refractivity contribution is 6.33. The Bertz CT molecular complexity index is 1150. The Balaban J connectivity index is 1.26. The van der Waals surface area contributed by atoms with Crippen LogP contribution in [0.25, 0.3) is 22.4 Å². The lowest BCUT2D eigenvalue weighted by Crippen LogP contribution is -2.32. The van der Waals surface area contributed by atoms with E-state index in [9.17, 15) is 4.79 Å². The molecule has 3 aromatic rings. The van der Waals surface area contributed by atoms with Gasteiger partial charge in [0.25, 0.3) is 6.01 Å². The number of ether oxygens (including phenoxy) is 4. The van der Waals surface area contributed by atoms with Crippen LogP contribution in [-0.2, 0) is 14.2 Å². The highest BCUT2D eigenvalue weighted by atomic mass is 35.5. The van der Waals surface area contributed by atoms with Gasteiger partial charge in [-0.05, 0) is 24.6 Å². The van der Waals surface area contributed by atoms with Crippen LogP contribution < -0.4 is 9.64 Å². The molecule has 0 saturated carbocycles. The van der Waals surface area contributed by atoms with Gasteiger partial charge in [0.2, 0.25) is 0 Å². The topological polar surface area (TPSA) is 112 Å². The lowest BCUT2D eigenvalue weighted by Gasteiger charge is -2.15. The SMILES string of the molecule is O=C1OCCN1c1ccc(-c2nc3nc(O[C@@H]4CO[C@@H]5CCO[C@@H]54)[nH]c3cc2Cl)cn1. The van der Waals surface area contributed by atoms with Crippen LogP contribution in [0.3, 0.4) is 0 Å². The number of halogens is 1. The maximum atomic E-state index is 11.7. The highest BCUT2D eigenvalue weighted by Crippen LogP contribution is 2.32. The molecule has 0 bridgehead atoms. The minimum Gasteiger partial charge on any atom is -0.456 e. The summed E-state index contributed by atoms with van der Waals surface area (Å²) in [6, 6.07) is 5.65. The Morgan fingerprint density at radius 2 is 2.16 bits per heavy atom. The Morgan fingerprint density at radius 3 is 2.97 bits per heavy atom. The predicted octanol–water partition coefficient (Wildman–Crippen LogP) is 2.57. The second-order valence-corrected chi connectivity index (χ2v) is 7.96. The van der Waals surface area contributed by atoms with Crippen molar-refractivity contribution in [3.8, 4) is 17.3 Å². The smallest absolute Gasteiger partial charge is 0.415 e. The van der Waals surface area contributed by atoms with Crippen molar-refractivity contribution in [3.63, 3.8) is 0 Å². The van der Waals surface area contributed by atoms with Crippen molar-refractivity contribution in [2.45, 2.75) is 24.7 Å². The van der Waals surface area contributed by atoms with Gasteiger partial charge in [-0.2, -0.15) is 4.98 Å². The van der Waals surface area contributed by atoms with Crippen molar-refractivity contribution in [2.24, 2.45) is 0 Å². The van der Waals surface area contributed by atoms with Gasteiger partial charge in [0, 0.05) is 18.4 Å². The molecule has 0 spiro atoms. The molecule has 3 atom stereocenters. The van der Waals surface area contributed by atoms with Gasteiger partial charge in [-0.1, -0.05) is 11.6 Å². The van der Waals surface area contributed by atoms with E-state index in [0.29, 0.717) is 65.6 Å². The normalized spacial score (nSPS) is 25.3. The molecule has 10 nitrogen and oxygen atoms in total. The fourth-order valence-electron chi connectivity index (χ4n) is 4.12. The summed E-state index contributed by atoms with van der Waals surface area (Å²) < 4.78 is 22.4. The van der Waals surface area contributed by atoms with E-state index in [1.165, 1.54) is 4.90 Å². The summed E-state index contributed by atoms with van der Waals surface area (Å²) in [6.07, 6.45) is 1.92. The molecule has 3 aliphatic rings. The Kier molecular flexibility index (Phi) is 4.44. The third kappa shape index (κ3) is 3.27. The molecule has 3 saturated heterocycles. The molecule has 11 heteroatoms. The number of nitrogens with zero attached hydrogens (tertiary/aromatic N) is 4. The van der Waals surface area contributed by atoms with Gasteiger partial charge in [0.15, 0.2) is 11.8 Å². The molecule has 3 fully saturated rings. The number of carbonyl (C=O) groups excluding carboxylic acids is 1. The van der Waals surface area contributed by atoms with Gasteiger partial charge < -0.3 is 23.9 Å². The molecule has 0 radical (unpaired) electrons. The number of anilines is 1. The number of rotatable bonds is 4. The third-order valence-corrected chi connectivity index (χ3v) is 5.93. The van der Waals surface area contributed by atoms with Crippen molar-refractivity contribution in [1.82, 2.24) is 19.9 Å². The van der Waals surface area contributed by atoms with Crippen LogP contribution in [0, 0.1) is 0 Å². The number of carbonyl (C=O) groups is 1. The monoisotopic (exact) mass is 443 g/mol. The Labute approximate surface area is 181 Å². The van der Waals surface area contributed by atoms with Crippen molar-refractivity contribution >= 4 is 34.7 Å². The number of amides is 1. The lowest BCUT2D eigenvalue weighted by atomic mass is 10.1. The fraction of sp³-hybridized carbons (Fsp3) is 0.400. The zero-order chi connectivity index (χ0) is 20.9. The number of cyclic esters (lactones) is 1. The van der Waals surface area contributed by atoms with E-state index < -0.39 is 6.09 Å². The molecule has 0 aromatic carbocycles. The van der Waals surface area contributed by atoms with Crippen molar-refractivity contribution < 1.29 is 23.7 Å². The van der Waals surface area contributed by atoms with Crippen molar-refractivity contribution in [3.05, 3.63) is 29.4 Å². The molecule has 6 rings (SSSR count). The molecular weight excluding hydrogens is 426 g/mol. The van der Waals surface area contributed by atoms with Crippen LogP contribution in [0.2, 0.25) is 5.02 Å². The number of fused-ring (bicyclic) bond motifs is 2. The van der Waals surface area contributed by atoms with E-state index in [-0.39, 0.29) is 18.3 Å². The number of aromatic amines is 1. The van der Waals surface area contributed by atoms with Crippen LogP contribution in [0.15, 0.2) is 24.4 Å². The van der Waals surface area contributed by atoms with Gasteiger partial charge in [-0.15, -0.1) is 0 Å². The first kappa shape index (κ1) is 18.8. The number of aromatic nitrogens is 4. The minimum absolute atomic E-state index is 0.0715. The second kappa shape index (κ2) is 7.33. The quantitative estimate of drug-likeness (QED) is 0.654. The number of H-pyrrole nitrogens is 1. The molecule has 1 amide bonds. The van der Waals surface area contributed by atoms with Gasteiger partial charge in [0.05, 0.1) is 35.5 Å². The molecule has 3 aromatic heterocycles. The zero-order valence-corrected chi connectivity index (χ0v) is 17.0. The average Bonchev–Trinajstić information content (AvgIpc) is 3.54. The van der Waals surface area contributed by atoms with Gasteiger partial charge in [-0.25, -0.2) is 14.8 Å². The molecule has 3 aliphatic heterocycles. The maximum absolute atomic E-state index is 11.7. The molecule has 31 heavy (non-hydrogen) atoms. The van der Waals surface area contributed by atoms with Gasteiger partial charge in [-0.3, -0.25) is 4.90 Å². The van der Waals surface area contributed by atoms with Gasteiger partial charge >= 0.3 is 6.09 Å². The summed E-state index contributed by atoms with van der Waals surface area (Å²) in [4.78, 5) is 29.7. The molecule has 0 unspecified atom stereocenters. The lowest BCUT2D eigenvalue weighted by molar-refractivity contribution is 0.0273. The number of nitrogens with one attached hydrogen (secondary N) is 1. The number of hydrogen-bond donors (Lipinski definition) is 1. The van der Waals surface area contributed by atoms with E-state index in [0.717, 1.165) is 6.42 Å². The highest BCUT2D eigenvalue weighted by Gasteiger charge is 2.43. The molecule has 0 aliphatic carbocycles. The van der Waals surface area contributed by atoms with E-state index >= 15 is 0 Å². The molecule has 6 heterocycles. The van der Waals surface area contributed by atoms with E-state index in [4.69, 9.17) is 30.5 Å². The minimum atomic E-state index is -0.399. The maximum Gasteiger partial charge on any atom is 0.415 e. The number of hydrogen-bond acceptors (Lipinski definition) is 8. The predicted molar refractivity (Wildman–Crippen MR) is 109 cm³/mol. The summed E-state index contributed by atoms with van der Waals surface area (Å²) in [5, 5.41) is 0.446. The standard InChI is InChI=1S/C20H18ClN5O5/c21-11-7-12-18(25-19(23-12)31-14-9-30-13-3-5-28-17(13)14)24-16(11)10-1-2-15(22-8-10)26-4-6-29-20(26)27/h1-2,7-8,13-14,17H,3-6,9H2,(H,23,24,25)/t13-,14-,17+/m1/s1. The summed E-state index contributed by atoms with van der Waals surface area (Å²) in [5.41, 5.74) is 2.39. The molecular formula is C20H18ClN5O5. The summed E-state index contributed by atoms with van der Waals surface area (Å²) in [7, 11) is 0. The summed E-state index contributed by atoms with van der Waals surface area (Å²) in [6.45, 7) is 1.98. The first-order chi connectivity index (χ1) is 15.2. The fourth-order valence-corrected chi connectivity index (χ4v) is 4.38. The Morgan fingerprint density at radius 1 is 1.23 bits per heavy atom. The van der Waals surface area contributed by atoms with Gasteiger partial charge in [0.1, 0.15) is 18.5 Å². The molecule has 1 N–H and O–H groups in total. The molecule has 160 valence electrons. The summed E-state index contributed by atoms with van der Waals surface area (Å²) in [5.74, 6) is 0.519. The van der Waals surface area contributed by atoms with Crippen molar-refractivity contribution in [2.75, 3.05) is 31.3 Å². The largest absolute Gasteiger partial charge is 0.456 e. The van der Waals surface area contributed by atoms with Crippen LogP contribution in [0.5, 0.6) is 6.01 Å². The van der Waals surface area contributed by atoms with Crippen LogP contribution >= 0.6 is 11.6 Å². The average molecular weight is 444 g/mol. The van der Waals surface area contributed by atoms with Crippen LogP contribution in [-0.4, -0.2) is 70.7 Å². The van der Waals surface area contributed by atoms with Crippen molar-refractivity contribution in [1.29, 1.82) is 0 Å². The number of pyridine rings is 2. The van der Waals surface area contributed by atoms with E-state index in [1.807, 2.05) is 6.07 Å². The van der Waals surface area contributed by atoms with E-state index in [2.05, 4.69) is 19.9 Å².